The van der Waals surface area contributed by atoms with E-state index in [2.05, 4.69) is 40.7 Å². The van der Waals surface area contributed by atoms with Crippen LogP contribution < -0.4 is 0 Å². The summed E-state index contributed by atoms with van der Waals surface area (Å²) in [5, 5.41) is 9.16. The van der Waals surface area contributed by atoms with Gasteiger partial charge in [-0.15, -0.1) is 0 Å². The van der Waals surface area contributed by atoms with Gasteiger partial charge in [0.1, 0.15) is 6.10 Å². The van der Waals surface area contributed by atoms with Gasteiger partial charge in [-0.2, -0.15) is 0 Å². The Labute approximate surface area is 147 Å². The molecule has 1 N–H and O–H groups in total. The van der Waals surface area contributed by atoms with E-state index in [1.54, 1.807) is 0 Å². The number of aliphatic hydroxyl groups excluding tert-OH is 1. The molecule has 0 aromatic heterocycles. The van der Waals surface area contributed by atoms with Crippen molar-refractivity contribution in [2.75, 3.05) is 6.61 Å². The number of ether oxygens (including phenoxy) is 1. The van der Waals surface area contributed by atoms with E-state index in [9.17, 15) is 4.79 Å². The second kappa shape index (κ2) is 7.59. The molecule has 0 spiro atoms. The first-order chi connectivity index (χ1) is 11.3. The summed E-state index contributed by atoms with van der Waals surface area (Å²) in [6.07, 6.45) is 8.93. The number of hydrogen-bond acceptors (Lipinski definition) is 3. The average Bonchev–Trinajstić information content (AvgIpc) is 2.50. The van der Waals surface area contributed by atoms with E-state index in [4.69, 9.17) is 9.84 Å². The smallest absolute Gasteiger partial charge is 0.293 e. The van der Waals surface area contributed by atoms with E-state index >= 15 is 0 Å². The van der Waals surface area contributed by atoms with Crippen LogP contribution in [0, 0.1) is 28.6 Å². The lowest BCUT2D eigenvalue weighted by atomic mass is 9.47. The van der Waals surface area contributed by atoms with Crippen molar-refractivity contribution in [1.29, 1.82) is 0 Å². The third kappa shape index (κ3) is 3.56. The number of fused-ring (bicyclic) bond motifs is 1. The van der Waals surface area contributed by atoms with Gasteiger partial charge in [-0.1, -0.05) is 45.8 Å². The molecule has 0 aliphatic heterocycles. The fourth-order valence-electron chi connectivity index (χ4n) is 5.70. The van der Waals surface area contributed by atoms with Crippen LogP contribution in [0.4, 0.5) is 0 Å². The fourth-order valence-corrected chi connectivity index (χ4v) is 5.70. The van der Waals surface area contributed by atoms with E-state index < -0.39 is 0 Å². The monoisotopic (exact) mass is 336 g/mol. The summed E-state index contributed by atoms with van der Waals surface area (Å²) < 4.78 is 5.46. The Balaban J connectivity index is 2.20. The van der Waals surface area contributed by atoms with Crippen LogP contribution in [0.25, 0.3) is 0 Å². The SMILES string of the molecule is CC1=CCC2C(C)(C)C(OC=O)CCC2(C)C1CCC(C)CCO. The minimum atomic E-state index is 0.0140. The van der Waals surface area contributed by atoms with Crippen LogP contribution in [0.5, 0.6) is 0 Å². The van der Waals surface area contributed by atoms with Gasteiger partial charge in [0, 0.05) is 12.0 Å². The number of hydrogen-bond donors (Lipinski definition) is 1. The van der Waals surface area contributed by atoms with Crippen molar-refractivity contribution in [1.82, 2.24) is 0 Å². The van der Waals surface area contributed by atoms with Gasteiger partial charge in [-0.3, -0.25) is 4.79 Å². The lowest BCUT2D eigenvalue weighted by Gasteiger charge is -2.58. The summed E-state index contributed by atoms with van der Waals surface area (Å²) in [6, 6.07) is 0. The Kier molecular flexibility index (Phi) is 6.17. The maximum absolute atomic E-state index is 10.9. The molecule has 0 aromatic rings. The first-order valence-electron chi connectivity index (χ1n) is 9.64. The molecule has 3 heteroatoms. The number of allylic oxidation sites excluding steroid dienone is 2. The summed E-state index contributed by atoms with van der Waals surface area (Å²) in [6.45, 7) is 12.5. The van der Waals surface area contributed by atoms with Gasteiger partial charge in [0.25, 0.3) is 6.47 Å². The zero-order valence-corrected chi connectivity index (χ0v) is 16.2. The van der Waals surface area contributed by atoms with E-state index in [0.717, 1.165) is 25.7 Å². The number of carbonyl (C=O) groups is 1. The Morgan fingerprint density at radius 2 is 2.08 bits per heavy atom. The molecule has 1 saturated carbocycles. The van der Waals surface area contributed by atoms with Crippen molar-refractivity contribution in [2.45, 2.75) is 79.2 Å². The highest BCUT2D eigenvalue weighted by Crippen LogP contribution is 2.61. The number of aliphatic hydroxyl groups is 1. The molecule has 0 radical (unpaired) electrons. The molecule has 24 heavy (non-hydrogen) atoms. The van der Waals surface area contributed by atoms with Crippen LogP contribution >= 0.6 is 0 Å². The first kappa shape index (κ1) is 19.5. The zero-order chi connectivity index (χ0) is 18.0. The molecule has 3 nitrogen and oxygen atoms in total. The standard InChI is InChI=1S/C21H36O3/c1-15(11-13-22)6-8-17-16(2)7-9-18-20(3,4)19(24-14-23)10-12-21(17,18)5/h7,14-15,17-19,22H,6,8-13H2,1-5H3. The van der Waals surface area contributed by atoms with E-state index in [1.165, 1.54) is 18.4 Å². The largest absolute Gasteiger partial charge is 0.464 e. The van der Waals surface area contributed by atoms with Crippen molar-refractivity contribution in [3.63, 3.8) is 0 Å². The van der Waals surface area contributed by atoms with Crippen molar-refractivity contribution >= 4 is 6.47 Å². The molecule has 2 rings (SSSR count). The lowest BCUT2D eigenvalue weighted by Crippen LogP contribution is -2.54. The van der Waals surface area contributed by atoms with Crippen molar-refractivity contribution in [3.05, 3.63) is 11.6 Å². The third-order valence-electron chi connectivity index (χ3n) is 7.28. The molecule has 0 bridgehead atoms. The predicted molar refractivity (Wildman–Crippen MR) is 97.5 cm³/mol. The van der Waals surface area contributed by atoms with Crippen molar-refractivity contribution in [2.24, 2.45) is 28.6 Å². The van der Waals surface area contributed by atoms with Crippen LogP contribution in [0.2, 0.25) is 0 Å². The Bertz CT molecular complexity index is 468. The van der Waals surface area contributed by atoms with Gasteiger partial charge in [0.05, 0.1) is 0 Å². The van der Waals surface area contributed by atoms with Crippen LogP contribution in [0.15, 0.2) is 11.6 Å². The zero-order valence-electron chi connectivity index (χ0n) is 16.2. The van der Waals surface area contributed by atoms with Crippen molar-refractivity contribution < 1.29 is 14.6 Å². The summed E-state index contributed by atoms with van der Waals surface area (Å²) in [7, 11) is 0. The molecule has 5 unspecified atom stereocenters. The van der Waals surface area contributed by atoms with Gasteiger partial charge in [0.2, 0.25) is 0 Å². The topological polar surface area (TPSA) is 46.5 Å². The van der Waals surface area contributed by atoms with Gasteiger partial charge >= 0.3 is 0 Å². The molecule has 0 saturated heterocycles. The average molecular weight is 337 g/mol. The lowest BCUT2D eigenvalue weighted by molar-refractivity contribution is -0.160. The highest BCUT2D eigenvalue weighted by molar-refractivity contribution is 5.38. The van der Waals surface area contributed by atoms with Gasteiger partial charge < -0.3 is 9.84 Å². The van der Waals surface area contributed by atoms with Crippen LogP contribution in [-0.4, -0.2) is 24.3 Å². The second-order valence-electron chi connectivity index (χ2n) is 9.07. The van der Waals surface area contributed by atoms with Crippen LogP contribution in [0.1, 0.15) is 73.1 Å². The Hall–Kier alpha value is -0.830. The quantitative estimate of drug-likeness (QED) is 0.540. The minimum Gasteiger partial charge on any atom is -0.464 e. The highest BCUT2D eigenvalue weighted by Gasteiger charge is 2.55. The van der Waals surface area contributed by atoms with Gasteiger partial charge in [-0.25, -0.2) is 0 Å². The predicted octanol–water partition coefficient (Wildman–Crippen LogP) is 4.74. The Morgan fingerprint density at radius 1 is 1.38 bits per heavy atom. The van der Waals surface area contributed by atoms with Gasteiger partial charge in [-0.05, 0) is 62.2 Å². The number of carbonyl (C=O) groups excluding carboxylic acids is 1. The molecule has 2 aliphatic rings. The molecular formula is C21H36O3. The summed E-state index contributed by atoms with van der Waals surface area (Å²) in [4.78, 5) is 10.9. The highest BCUT2D eigenvalue weighted by atomic mass is 16.5. The third-order valence-corrected chi connectivity index (χ3v) is 7.28. The molecule has 0 heterocycles. The maximum atomic E-state index is 10.9. The van der Waals surface area contributed by atoms with E-state index in [1.807, 2.05) is 0 Å². The minimum absolute atomic E-state index is 0.0140. The van der Waals surface area contributed by atoms with Crippen LogP contribution in [0.3, 0.4) is 0 Å². The summed E-state index contributed by atoms with van der Waals surface area (Å²) in [5.41, 5.74) is 1.83. The molecule has 0 aromatic carbocycles. The van der Waals surface area contributed by atoms with Gasteiger partial charge in [0.15, 0.2) is 0 Å². The first-order valence-corrected chi connectivity index (χ1v) is 9.64. The normalized spacial score (nSPS) is 36.4. The number of rotatable bonds is 7. The second-order valence-corrected chi connectivity index (χ2v) is 9.07. The summed E-state index contributed by atoms with van der Waals surface area (Å²) >= 11 is 0. The maximum Gasteiger partial charge on any atom is 0.293 e. The Morgan fingerprint density at radius 3 is 2.71 bits per heavy atom. The molecular weight excluding hydrogens is 300 g/mol. The fraction of sp³-hybridized carbons (Fsp3) is 0.857. The summed E-state index contributed by atoms with van der Waals surface area (Å²) in [5.74, 6) is 1.73. The molecule has 1 fully saturated rings. The molecule has 138 valence electrons. The van der Waals surface area contributed by atoms with Crippen LogP contribution in [-0.2, 0) is 9.53 Å². The molecule has 5 atom stereocenters. The van der Waals surface area contributed by atoms with E-state index in [-0.39, 0.29) is 23.5 Å². The molecule has 0 amide bonds. The molecule has 2 aliphatic carbocycles. The van der Waals surface area contributed by atoms with E-state index in [0.29, 0.717) is 24.2 Å². The van der Waals surface area contributed by atoms with Crippen molar-refractivity contribution in [3.8, 4) is 0 Å².